The van der Waals surface area contributed by atoms with Crippen molar-refractivity contribution in [3.8, 4) is 0 Å². The monoisotopic (exact) mass is 336 g/mol. The quantitative estimate of drug-likeness (QED) is 0.747. The van der Waals surface area contributed by atoms with Gasteiger partial charge < -0.3 is 5.32 Å². The van der Waals surface area contributed by atoms with Crippen LogP contribution in [0, 0.1) is 0 Å². The van der Waals surface area contributed by atoms with Gasteiger partial charge in [-0.3, -0.25) is 4.79 Å². The van der Waals surface area contributed by atoms with Gasteiger partial charge in [-0.15, -0.1) is 0 Å². The first-order valence-corrected chi connectivity index (χ1v) is 7.78. The molecule has 0 radical (unpaired) electrons. The average molecular weight is 337 g/mol. The Bertz CT molecular complexity index is 799. The highest BCUT2D eigenvalue weighted by Crippen LogP contribution is 2.28. The molecule has 3 aromatic rings. The van der Waals surface area contributed by atoms with Crippen LogP contribution in [-0.4, -0.2) is 10.9 Å². The highest BCUT2D eigenvalue weighted by atomic mass is 35.5. The number of anilines is 1. The molecule has 0 unspecified atom stereocenters. The molecule has 0 saturated heterocycles. The zero-order valence-corrected chi connectivity index (χ0v) is 13.1. The molecule has 0 fully saturated rings. The molecule has 3 rings (SSSR count). The van der Waals surface area contributed by atoms with E-state index in [2.05, 4.69) is 10.3 Å². The number of hydrogen-bond acceptors (Lipinski definition) is 3. The van der Waals surface area contributed by atoms with Crippen molar-refractivity contribution in [2.24, 2.45) is 0 Å². The van der Waals surface area contributed by atoms with Crippen molar-refractivity contribution >= 4 is 55.8 Å². The minimum absolute atomic E-state index is 0.109. The second-order valence-electron chi connectivity index (χ2n) is 4.48. The summed E-state index contributed by atoms with van der Waals surface area (Å²) >= 11 is 13.2. The van der Waals surface area contributed by atoms with Crippen molar-refractivity contribution < 1.29 is 4.79 Å². The standard InChI is InChI=1S/C15H10Cl2N2OS/c16-10-3-1-9(2-4-10)7-14(20)19-15-18-12-6-5-11(17)8-13(12)21-15/h1-6,8H,7H2,(H,18,19,20). The summed E-state index contributed by atoms with van der Waals surface area (Å²) in [4.78, 5) is 16.4. The summed E-state index contributed by atoms with van der Waals surface area (Å²) < 4.78 is 0.948. The molecular formula is C15H10Cl2N2OS. The number of hydrogen-bond donors (Lipinski definition) is 1. The first-order chi connectivity index (χ1) is 10.1. The molecule has 0 saturated carbocycles. The third kappa shape index (κ3) is 3.53. The molecular weight excluding hydrogens is 327 g/mol. The maximum absolute atomic E-state index is 12.0. The van der Waals surface area contributed by atoms with Gasteiger partial charge in [-0.05, 0) is 35.9 Å². The number of fused-ring (bicyclic) bond motifs is 1. The van der Waals surface area contributed by atoms with Crippen molar-refractivity contribution in [3.63, 3.8) is 0 Å². The lowest BCUT2D eigenvalue weighted by molar-refractivity contribution is -0.115. The summed E-state index contributed by atoms with van der Waals surface area (Å²) in [7, 11) is 0. The molecule has 0 aliphatic carbocycles. The minimum Gasteiger partial charge on any atom is -0.302 e. The highest BCUT2D eigenvalue weighted by molar-refractivity contribution is 7.22. The number of benzene rings is 2. The molecule has 6 heteroatoms. The second-order valence-corrected chi connectivity index (χ2v) is 6.39. The molecule has 0 bridgehead atoms. The van der Waals surface area contributed by atoms with Crippen molar-refractivity contribution in [1.29, 1.82) is 0 Å². The van der Waals surface area contributed by atoms with Crippen molar-refractivity contribution in [3.05, 3.63) is 58.1 Å². The Morgan fingerprint density at radius 1 is 1.10 bits per heavy atom. The predicted molar refractivity (Wildman–Crippen MR) is 88.4 cm³/mol. The Morgan fingerprint density at radius 2 is 1.81 bits per heavy atom. The molecule has 1 aromatic heterocycles. The van der Waals surface area contributed by atoms with Gasteiger partial charge in [0.05, 0.1) is 16.6 Å². The molecule has 21 heavy (non-hydrogen) atoms. The number of carbonyl (C=O) groups excluding carboxylic acids is 1. The maximum Gasteiger partial charge on any atom is 0.230 e. The van der Waals surface area contributed by atoms with E-state index in [1.807, 2.05) is 24.3 Å². The smallest absolute Gasteiger partial charge is 0.230 e. The Kier molecular flexibility index (Phi) is 4.10. The maximum atomic E-state index is 12.0. The van der Waals surface area contributed by atoms with E-state index in [0.29, 0.717) is 15.2 Å². The highest BCUT2D eigenvalue weighted by Gasteiger charge is 2.09. The van der Waals surface area contributed by atoms with Crippen LogP contribution in [0.2, 0.25) is 10.0 Å². The number of halogens is 2. The van der Waals surface area contributed by atoms with Gasteiger partial charge in [0, 0.05) is 10.0 Å². The predicted octanol–water partition coefficient (Wildman–Crippen LogP) is 4.78. The summed E-state index contributed by atoms with van der Waals surface area (Å²) in [5.74, 6) is -0.109. The Morgan fingerprint density at radius 3 is 2.57 bits per heavy atom. The lowest BCUT2D eigenvalue weighted by Crippen LogP contribution is -2.14. The van der Waals surface area contributed by atoms with Crippen molar-refractivity contribution in [2.45, 2.75) is 6.42 Å². The molecule has 0 aliphatic heterocycles. The Balaban J connectivity index is 1.72. The zero-order chi connectivity index (χ0) is 14.8. The lowest BCUT2D eigenvalue weighted by atomic mass is 10.1. The molecule has 1 heterocycles. The molecule has 1 N–H and O–H groups in total. The molecule has 0 atom stereocenters. The zero-order valence-electron chi connectivity index (χ0n) is 10.8. The van der Waals surface area contributed by atoms with E-state index in [4.69, 9.17) is 23.2 Å². The number of amides is 1. The molecule has 1 amide bonds. The molecule has 0 spiro atoms. The van der Waals surface area contributed by atoms with Crippen LogP contribution in [0.25, 0.3) is 10.2 Å². The third-order valence-corrected chi connectivity index (χ3v) is 4.30. The fourth-order valence-electron chi connectivity index (χ4n) is 1.90. The molecule has 2 aromatic carbocycles. The number of rotatable bonds is 3. The van der Waals surface area contributed by atoms with Gasteiger partial charge in [-0.1, -0.05) is 46.7 Å². The van der Waals surface area contributed by atoms with Gasteiger partial charge in [0.2, 0.25) is 5.91 Å². The third-order valence-electron chi connectivity index (χ3n) is 2.87. The van der Waals surface area contributed by atoms with Crippen LogP contribution in [-0.2, 0) is 11.2 Å². The van der Waals surface area contributed by atoms with Crippen LogP contribution >= 0.6 is 34.5 Å². The van der Waals surface area contributed by atoms with Crippen molar-refractivity contribution in [1.82, 2.24) is 4.98 Å². The number of nitrogens with zero attached hydrogens (tertiary/aromatic N) is 1. The Labute approximate surface area is 135 Å². The van der Waals surface area contributed by atoms with Gasteiger partial charge in [-0.2, -0.15) is 0 Å². The SMILES string of the molecule is O=C(Cc1ccc(Cl)cc1)Nc1nc2ccc(Cl)cc2s1. The summed E-state index contributed by atoms with van der Waals surface area (Å²) in [5.41, 5.74) is 1.73. The van der Waals surface area contributed by atoms with E-state index in [9.17, 15) is 4.79 Å². The Hall–Kier alpha value is -1.62. The number of aromatic nitrogens is 1. The van der Waals surface area contributed by atoms with Crippen LogP contribution in [0.15, 0.2) is 42.5 Å². The van der Waals surface area contributed by atoms with E-state index in [0.717, 1.165) is 15.8 Å². The number of thiazole rings is 1. The van der Waals surface area contributed by atoms with E-state index in [1.54, 1.807) is 18.2 Å². The van der Waals surface area contributed by atoms with E-state index in [1.165, 1.54) is 11.3 Å². The number of carbonyl (C=O) groups is 1. The first kappa shape index (κ1) is 14.3. The summed E-state index contributed by atoms with van der Waals surface area (Å²) in [6.07, 6.45) is 0.286. The van der Waals surface area contributed by atoms with Crippen LogP contribution < -0.4 is 5.32 Å². The van der Waals surface area contributed by atoms with Crippen LogP contribution in [0.5, 0.6) is 0 Å². The van der Waals surface area contributed by atoms with Crippen LogP contribution in [0.4, 0.5) is 5.13 Å². The average Bonchev–Trinajstić information content (AvgIpc) is 2.82. The first-order valence-electron chi connectivity index (χ1n) is 6.20. The number of nitrogens with one attached hydrogen (secondary N) is 1. The fourth-order valence-corrected chi connectivity index (χ4v) is 3.19. The van der Waals surface area contributed by atoms with Crippen LogP contribution in [0.1, 0.15) is 5.56 Å². The lowest BCUT2D eigenvalue weighted by Gasteiger charge is -2.01. The van der Waals surface area contributed by atoms with Gasteiger partial charge >= 0.3 is 0 Å². The van der Waals surface area contributed by atoms with Crippen molar-refractivity contribution in [2.75, 3.05) is 5.32 Å². The van der Waals surface area contributed by atoms with Gasteiger partial charge in [0.25, 0.3) is 0 Å². The van der Waals surface area contributed by atoms with Gasteiger partial charge in [0.1, 0.15) is 0 Å². The molecule has 3 nitrogen and oxygen atoms in total. The molecule has 106 valence electrons. The minimum atomic E-state index is -0.109. The summed E-state index contributed by atoms with van der Waals surface area (Å²) in [5, 5.41) is 4.69. The fraction of sp³-hybridized carbons (Fsp3) is 0.0667. The van der Waals surface area contributed by atoms with Gasteiger partial charge in [0.15, 0.2) is 5.13 Å². The van der Waals surface area contributed by atoms with E-state index in [-0.39, 0.29) is 12.3 Å². The van der Waals surface area contributed by atoms with Gasteiger partial charge in [-0.25, -0.2) is 4.98 Å². The normalized spacial score (nSPS) is 10.8. The van der Waals surface area contributed by atoms with Crippen LogP contribution in [0.3, 0.4) is 0 Å². The largest absolute Gasteiger partial charge is 0.302 e. The molecule has 0 aliphatic rings. The van der Waals surface area contributed by atoms with E-state index >= 15 is 0 Å². The second kappa shape index (κ2) is 6.02. The summed E-state index contributed by atoms with van der Waals surface area (Å²) in [6, 6.07) is 12.7. The summed E-state index contributed by atoms with van der Waals surface area (Å²) in [6.45, 7) is 0. The topological polar surface area (TPSA) is 42.0 Å². The van der Waals surface area contributed by atoms with E-state index < -0.39 is 0 Å².